The minimum Gasteiger partial charge on any atom is -0.494 e. The lowest BCUT2D eigenvalue weighted by atomic mass is 10.2. The maximum Gasteiger partial charge on any atom is 0.263 e. The van der Waals surface area contributed by atoms with E-state index in [1.54, 1.807) is 30.1 Å². The molecule has 0 radical (unpaired) electrons. The second kappa shape index (κ2) is 5.82. The molecule has 1 N–H and O–H groups in total. The molecule has 24 heavy (non-hydrogen) atoms. The summed E-state index contributed by atoms with van der Waals surface area (Å²) in [6.07, 6.45) is 2.77. The molecule has 2 aromatic heterocycles. The van der Waals surface area contributed by atoms with Gasteiger partial charge in [0.15, 0.2) is 0 Å². The van der Waals surface area contributed by atoms with Crippen molar-refractivity contribution in [2.24, 2.45) is 7.05 Å². The van der Waals surface area contributed by atoms with Crippen LogP contribution in [0.2, 0.25) is 0 Å². The molecule has 3 rings (SSSR count). The number of fused-ring (bicyclic) bond motifs is 1. The van der Waals surface area contributed by atoms with Gasteiger partial charge in [-0.15, -0.1) is 0 Å². The van der Waals surface area contributed by atoms with Crippen LogP contribution < -0.4 is 9.46 Å². The molecule has 0 saturated carbocycles. The van der Waals surface area contributed by atoms with Crippen LogP contribution in [0.5, 0.6) is 5.75 Å². The van der Waals surface area contributed by atoms with Crippen LogP contribution in [0.25, 0.3) is 10.9 Å². The van der Waals surface area contributed by atoms with E-state index in [2.05, 4.69) is 14.8 Å². The van der Waals surface area contributed by atoms with Gasteiger partial charge in [-0.05, 0) is 24.3 Å². The molecule has 0 aliphatic carbocycles. The van der Waals surface area contributed by atoms with Crippen molar-refractivity contribution in [2.45, 2.75) is 4.90 Å². The van der Waals surface area contributed by atoms with Crippen LogP contribution in [-0.2, 0) is 17.1 Å². The number of anilines is 1. The first-order chi connectivity index (χ1) is 11.5. The molecule has 8 nitrogen and oxygen atoms in total. The van der Waals surface area contributed by atoms with Crippen molar-refractivity contribution in [1.29, 1.82) is 5.26 Å². The lowest BCUT2D eigenvalue weighted by molar-refractivity contribution is 0.417. The van der Waals surface area contributed by atoms with Gasteiger partial charge in [0.2, 0.25) is 0 Å². The lowest BCUT2D eigenvalue weighted by Gasteiger charge is -2.13. The Balaban J connectivity index is 2.11. The van der Waals surface area contributed by atoms with Gasteiger partial charge >= 0.3 is 0 Å². The van der Waals surface area contributed by atoms with E-state index in [9.17, 15) is 8.42 Å². The van der Waals surface area contributed by atoms with E-state index in [4.69, 9.17) is 10.00 Å². The first-order valence-electron chi connectivity index (χ1n) is 6.84. The molecule has 0 amide bonds. The topological polar surface area (TPSA) is 110 Å². The number of aromatic nitrogens is 3. The number of sulfonamides is 1. The Bertz CT molecular complexity index is 1050. The number of hydrogen-bond donors (Lipinski definition) is 1. The largest absolute Gasteiger partial charge is 0.494 e. The second-order valence-electron chi connectivity index (χ2n) is 4.95. The van der Waals surface area contributed by atoms with Crippen LogP contribution in [0.15, 0.2) is 41.6 Å². The van der Waals surface area contributed by atoms with Gasteiger partial charge in [-0.3, -0.25) is 9.40 Å². The Morgan fingerprint density at radius 3 is 2.67 bits per heavy atom. The molecule has 2 heterocycles. The quantitative estimate of drug-likeness (QED) is 0.771. The summed E-state index contributed by atoms with van der Waals surface area (Å²) in [5, 5.41) is 13.7. The summed E-state index contributed by atoms with van der Waals surface area (Å²) in [7, 11) is -0.732. The molecular formula is C15H13N5O3S. The fraction of sp³-hybridized carbons (Fsp3) is 0.133. The summed E-state index contributed by atoms with van der Waals surface area (Å²) in [6.45, 7) is 0. The third kappa shape index (κ3) is 2.63. The molecule has 0 spiro atoms. The first-order valence-corrected chi connectivity index (χ1v) is 8.32. The highest BCUT2D eigenvalue weighted by atomic mass is 32.2. The van der Waals surface area contributed by atoms with E-state index in [0.717, 1.165) is 11.6 Å². The van der Waals surface area contributed by atoms with Crippen LogP contribution in [-0.4, -0.2) is 30.3 Å². The molecule has 0 bridgehead atoms. The zero-order chi connectivity index (χ0) is 17.3. The molecule has 122 valence electrons. The predicted octanol–water partition coefficient (Wildman–Crippen LogP) is 1.65. The highest BCUT2D eigenvalue weighted by Crippen LogP contribution is 2.34. The van der Waals surface area contributed by atoms with Crippen molar-refractivity contribution in [3.63, 3.8) is 0 Å². The highest BCUT2D eigenvalue weighted by Gasteiger charge is 2.20. The van der Waals surface area contributed by atoms with E-state index >= 15 is 0 Å². The smallest absolute Gasteiger partial charge is 0.263 e. The fourth-order valence-electron chi connectivity index (χ4n) is 2.32. The van der Waals surface area contributed by atoms with E-state index in [-0.39, 0.29) is 10.6 Å². The summed E-state index contributed by atoms with van der Waals surface area (Å²) in [5.41, 5.74) is 1.03. The summed E-state index contributed by atoms with van der Waals surface area (Å²) in [4.78, 5) is 3.74. The van der Waals surface area contributed by atoms with Gasteiger partial charge in [-0.2, -0.15) is 10.4 Å². The Kier molecular flexibility index (Phi) is 3.83. The van der Waals surface area contributed by atoms with Crippen molar-refractivity contribution in [2.75, 3.05) is 11.8 Å². The van der Waals surface area contributed by atoms with Crippen LogP contribution in [0.4, 0.5) is 5.69 Å². The number of nitriles is 1. The number of nitrogens with one attached hydrogen (secondary N) is 1. The molecule has 0 atom stereocenters. The standard InChI is InChI=1S/C15H13N5O3S/c1-20-15-10(8-18-20)3-6-13(23-2)14(15)19-24(21,22)12-5-4-11(7-16)17-9-12/h3-6,8-9,19H,1-2H3. The van der Waals surface area contributed by atoms with Crippen LogP contribution >= 0.6 is 0 Å². The van der Waals surface area contributed by atoms with Crippen LogP contribution in [0, 0.1) is 11.3 Å². The van der Waals surface area contributed by atoms with E-state index < -0.39 is 10.0 Å². The lowest BCUT2D eigenvalue weighted by Crippen LogP contribution is -2.15. The molecule has 0 unspecified atom stereocenters. The van der Waals surface area contributed by atoms with Gasteiger partial charge in [-0.25, -0.2) is 13.4 Å². The van der Waals surface area contributed by atoms with Gasteiger partial charge in [0, 0.05) is 18.6 Å². The summed E-state index contributed by atoms with van der Waals surface area (Å²) >= 11 is 0. The first kappa shape index (κ1) is 15.8. The Hall–Kier alpha value is -3.12. The van der Waals surface area contributed by atoms with Gasteiger partial charge in [0.1, 0.15) is 28.1 Å². The molecule has 3 aromatic rings. The fourth-order valence-corrected chi connectivity index (χ4v) is 3.34. The summed E-state index contributed by atoms with van der Waals surface area (Å²) in [5.74, 6) is 0.372. The van der Waals surface area contributed by atoms with Gasteiger partial charge in [-0.1, -0.05) is 0 Å². The van der Waals surface area contributed by atoms with E-state index in [0.29, 0.717) is 17.0 Å². The molecule has 9 heteroatoms. The third-order valence-electron chi connectivity index (χ3n) is 3.48. The molecule has 0 saturated heterocycles. The van der Waals surface area contributed by atoms with Crippen molar-refractivity contribution < 1.29 is 13.2 Å². The number of methoxy groups -OCH3 is 1. The monoisotopic (exact) mass is 343 g/mol. The van der Waals surface area contributed by atoms with Crippen molar-refractivity contribution in [3.8, 4) is 11.8 Å². The number of hydrogen-bond acceptors (Lipinski definition) is 6. The average Bonchev–Trinajstić information content (AvgIpc) is 2.96. The van der Waals surface area contributed by atoms with Crippen molar-refractivity contribution >= 4 is 26.6 Å². The number of ether oxygens (including phenoxy) is 1. The van der Waals surface area contributed by atoms with Crippen molar-refractivity contribution in [1.82, 2.24) is 14.8 Å². The predicted molar refractivity (Wildman–Crippen MR) is 87.0 cm³/mol. The Labute approximate surface area is 138 Å². The molecule has 1 aromatic carbocycles. The number of benzene rings is 1. The minimum absolute atomic E-state index is 0.0530. The number of rotatable bonds is 4. The van der Waals surface area contributed by atoms with E-state index in [1.165, 1.54) is 19.2 Å². The molecule has 0 fully saturated rings. The number of aryl methyl sites for hydroxylation is 1. The minimum atomic E-state index is -3.90. The van der Waals surface area contributed by atoms with Gasteiger partial charge in [0.25, 0.3) is 10.0 Å². The summed E-state index contributed by atoms with van der Waals surface area (Å²) in [6, 6.07) is 7.97. The third-order valence-corrected chi connectivity index (χ3v) is 4.82. The van der Waals surface area contributed by atoms with Crippen LogP contribution in [0.1, 0.15) is 5.69 Å². The average molecular weight is 343 g/mol. The summed E-state index contributed by atoms with van der Waals surface area (Å²) < 4.78 is 34.6. The zero-order valence-electron chi connectivity index (χ0n) is 12.9. The number of pyridine rings is 1. The maximum absolute atomic E-state index is 12.6. The SMILES string of the molecule is COc1ccc2cnn(C)c2c1NS(=O)(=O)c1ccc(C#N)nc1. The second-order valence-corrected chi connectivity index (χ2v) is 6.63. The molecule has 0 aliphatic heterocycles. The van der Waals surface area contributed by atoms with Gasteiger partial charge in [0.05, 0.1) is 18.8 Å². The molecule has 0 aliphatic rings. The normalized spacial score (nSPS) is 11.2. The Morgan fingerprint density at radius 2 is 2.04 bits per heavy atom. The van der Waals surface area contributed by atoms with Crippen LogP contribution in [0.3, 0.4) is 0 Å². The highest BCUT2D eigenvalue weighted by molar-refractivity contribution is 7.92. The number of nitrogens with zero attached hydrogens (tertiary/aromatic N) is 4. The van der Waals surface area contributed by atoms with Crippen molar-refractivity contribution in [3.05, 3.63) is 42.4 Å². The zero-order valence-corrected chi connectivity index (χ0v) is 13.7. The Morgan fingerprint density at radius 1 is 1.25 bits per heavy atom. The van der Waals surface area contributed by atoms with E-state index in [1.807, 2.05) is 6.07 Å². The maximum atomic E-state index is 12.6. The van der Waals surface area contributed by atoms with Gasteiger partial charge < -0.3 is 4.74 Å². The molecular weight excluding hydrogens is 330 g/mol.